The Morgan fingerprint density at radius 1 is 1.36 bits per heavy atom. The average molecular weight is 216 g/mol. The van der Waals surface area contributed by atoms with E-state index < -0.39 is 15.0 Å². The molecule has 0 fully saturated rings. The van der Waals surface area contributed by atoms with Crippen LogP contribution in [0.3, 0.4) is 0 Å². The van der Waals surface area contributed by atoms with E-state index in [1.807, 2.05) is 0 Å². The van der Waals surface area contributed by atoms with Crippen molar-refractivity contribution in [3.05, 3.63) is 23.3 Å². The van der Waals surface area contributed by atoms with Crippen molar-refractivity contribution >= 4 is 16.4 Å². The highest BCUT2D eigenvalue weighted by Crippen LogP contribution is 2.24. The predicted molar refractivity (Wildman–Crippen MR) is 48.0 cm³/mol. The number of aldehydes is 1. The molecule has 1 aromatic rings. The predicted octanol–water partition coefficient (Wildman–Crippen LogP) is 0.760. The zero-order valence-corrected chi connectivity index (χ0v) is 8.08. The fraction of sp³-hybridized carbons (Fsp3) is 0.125. The van der Waals surface area contributed by atoms with Crippen LogP contribution in [0.15, 0.2) is 17.0 Å². The van der Waals surface area contributed by atoms with E-state index in [9.17, 15) is 18.3 Å². The molecule has 1 rings (SSSR count). The number of rotatable bonds is 2. The van der Waals surface area contributed by atoms with Gasteiger partial charge in [0.15, 0.2) is 6.29 Å². The van der Waals surface area contributed by atoms with Gasteiger partial charge in [-0.15, -0.1) is 0 Å². The summed E-state index contributed by atoms with van der Waals surface area (Å²) in [6.45, 7) is 1.38. The maximum atomic E-state index is 10.8. The van der Waals surface area contributed by atoms with Crippen molar-refractivity contribution in [3.8, 4) is 5.75 Å². The number of carbonyl (C=O) groups is 1. The molecule has 0 aromatic heterocycles. The van der Waals surface area contributed by atoms with Crippen LogP contribution in [0.4, 0.5) is 0 Å². The molecule has 76 valence electrons. The Morgan fingerprint density at radius 2 is 1.93 bits per heavy atom. The maximum Gasteiger partial charge on any atom is 0.295 e. The van der Waals surface area contributed by atoms with Crippen LogP contribution in [-0.4, -0.2) is 24.4 Å². The van der Waals surface area contributed by atoms with Crippen LogP contribution in [0, 0.1) is 6.92 Å². The molecule has 0 atom stereocenters. The molecule has 1 aromatic carbocycles. The van der Waals surface area contributed by atoms with E-state index in [2.05, 4.69) is 0 Å². The summed E-state index contributed by atoms with van der Waals surface area (Å²) in [5.74, 6) is -0.195. The molecule has 0 saturated carbocycles. The topological polar surface area (TPSA) is 91.7 Å². The lowest BCUT2D eigenvalue weighted by molar-refractivity contribution is 0.111. The number of phenols is 1. The Hall–Kier alpha value is -1.40. The first-order chi connectivity index (χ1) is 6.38. The third-order valence-electron chi connectivity index (χ3n) is 1.84. The Kier molecular flexibility index (Phi) is 2.59. The summed E-state index contributed by atoms with van der Waals surface area (Å²) < 4.78 is 30.3. The summed E-state index contributed by atoms with van der Waals surface area (Å²) in [6, 6.07) is 2.08. The molecule has 0 heterocycles. The third-order valence-corrected chi connectivity index (χ3v) is 2.75. The molecule has 0 aliphatic rings. The van der Waals surface area contributed by atoms with Crippen molar-refractivity contribution in [1.82, 2.24) is 0 Å². The molecule has 0 unspecified atom stereocenters. The van der Waals surface area contributed by atoms with E-state index in [-0.39, 0.29) is 23.2 Å². The molecule has 2 N–H and O–H groups in total. The highest BCUT2D eigenvalue weighted by atomic mass is 32.2. The van der Waals surface area contributed by atoms with Gasteiger partial charge >= 0.3 is 0 Å². The largest absolute Gasteiger partial charge is 0.508 e. The molecule has 5 nitrogen and oxygen atoms in total. The van der Waals surface area contributed by atoms with Gasteiger partial charge in [-0.3, -0.25) is 9.35 Å². The average Bonchev–Trinajstić information content (AvgIpc) is 2.07. The van der Waals surface area contributed by atoms with Gasteiger partial charge in [0.25, 0.3) is 10.1 Å². The fourth-order valence-corrected chi connectivity index (χ4v) is 1.78. The van der Waals surface area contributed by atoms with Gasteiger partial charge in [0, 0.05) is 11.1 Å². The highest BCUT2D eigenvalue weighted by molar-refractivity contribution is 7.86. The van der Waals surface area contributed by atoms with Crippen LogP contribution >= 0.6 is 0 Å². The number of aromatic hydroxyl groups is 1. The van der Waals surface area contributed by atoms with Crippen LogP contribution in [0.1, 0.15) is 15.9 Å². The molecule has 0 spiro atoms. The van der Waals surface area contributed by atoms with Gasteiger partial charge in [-0.1, -0.05) is 0 Å². The molecule has 0 radical (unpaired) electrons. The molecular weight excluding hydrogens is 208 g/mol. The molecule has 0 amide bonds. The van der Waals surface area contributed by atoms with Gasteiger partial charge in [0.1, 0.15) is 10.6 Å². The van der Waals surface area contributed by atoms with Crippen molar-refractivity contribution < 1.29 is 22.9 Å². The molecule has 0 aliphatic heterocycles. The van der Waals surface area contributed by atoms with Crippen LogP contribution in [-0.2, 0) is 10.1 Å². The van der Waals surface area contributed by atoms with Crippen LogP contribution in [0.25, 0.3) is 0 Å². The highest BCUT2D eigenvalue weighted by Gasteiger charge is 2.18. The molecule has 14 heavy (non-hydrogen) atoms. The van der Waals surface area contributed by atoms with Crippen molar-refractivity contribution in [2.45, 2.75) is 11.8 Å². The second-order valence-corrected chi connectivity index (χ2v) is 4.10. The van der Waals surface area contributed by atoms with Crippen molar-refractivity contribution in [3.63, 3.8) is 0 Å². The van der Waals surface area contributed by atoms with E-state index in [0.717, 1.165) is 12.1 Å². The van der Waals surface area contributed by atoms with Crippen molar-refractivity contribution in [2.24, 2.45) is 0 Å². The zero-order chi connectivity index (χ0) is 10.9. The molecule has 6 heteroatoms. The van der Waals surface area contributed by atoms with E-state index >= 15 is 0 Å². The summed E-state index contributed by atoms with van der Waals surface area (Å²) in [7, 11) is -4.43. The lowest BCUT2D eigenvalue weighted by Crippen LogP contribution is -2.04. The van der Waals surface area contributed by atoms with Crippen LogP contribution in [0.2, 0.25) is 0 Å². The Morgan fingerprint density at radius 3 is 2.36 bits per heavy atom. The minimum atomic E-state index is -4.43. The van der Waals surface area contributed by atoms with Gasteiger partial charge in [-0.05, 0) is 19.1 Å². The van der Waals surface area contributed by atoms with Crippen LogP contribution in [0.5, 0.6) is 5.75 Å². The van der Waals surface area contributed by atoms with Gasteiger partial charge in [-0.2, -0.15) is 8.42 Å². The minimum Gasteiger partial charge on any atom is -0.508 e. The number of hydrogen-bond donors (Lipinski definition) is 2. The number of benzene rings is 1. The Labute approximate surface area is 80.7 Å². The molecule has 0 bridgehead atoms. The van der Waals surface area contributed by atoms with Gasteiger partial charge in [0.2, 0.25) is 0 Å². The first-order valence-corrected chi connectivity index (χ1v) is 5.07. The molecule has 0 saturated heterocycles. The van der Waals surface area contributed by atoms with Gasteiger partial charge < -0.3 is 5.11 Å². The second-order valence-electron chi connectivity index (χ2n) is 2.71. The van der Waals surface area contributed by atoms with E-state index in [0.29, 0.717) is 0 Å². The van der Waals surface area contributed by atoms with Gasteiger partial charge in [-0.25, -0.2) is 0 Å². The SMILES string of the molecule is Cc1c(O)ccc(S(=O)(=O)O)c1C=O. The minimum absolute atomic E-state index is 0.120. The first-order valence-electron chi connectivity index (χ1n) is 3.63. The normalized spacial score (nSPS) is 11.3. The third kappa shape index (κ3) is 1.75. The van der Waals surface area contributed by atoms with Crippen LogP contribution < -0.4 is 0 Å². The second kappa shape index (κ2) is 3.39. The number of hydrogen-bond acceptors (Lipinski definition) is 4. The van der Waals surface area contributed by atoms with Crippen molar-refractivity contribution in [2.75, 3.05) is 0 Å². The zero-order valence-electron chi connectivity index (χ0n) is 7.26. The standard InChI is InChI=1S/C8H8O5S/c1-5-6(4-9)8(14(11,12)13)3-2-7(5)10/h2-4,10H,1H3,(H,11,12,13). The van der Waals surface area contributed by atoms with Gasteiger partial charge in [0.05, 0.1) is 0 Å². The smallest absolute Gasteiger partial charge is 0.295 e. The lowest BCUT2D eigenvalue weighted by atomic mass is 10.1. The van der Waals surface area contributed by atoms with E-state index in [1.165, 1.54) is 6.92 Å². The fourth-order valence-electron chi connectivity index (χ4n) is 1.06. The molecular formula is C8H8O5S. The summed E-state index contributed by atoms with van der Waals surface area (Å²) in [4.78, 5) is 10.1. The number of carbonyl (C=O) groups excluding carboxylic acids is 1. The lowest BCUT2D eigenvalue weighted by Gasteiger charge is -2.05. The number of phenolic OH excluding ortho intramolecular Hbond substituents is 1. The Balaban J connectivity index is 3.63. The summed E-state index contributed by atoms with van der Waals surface area (Å²) in [6.07, 6.45) is 0.276. The monoisotopic (exact) mass is 216 g/mol. The summed E-state index contributed by atoms with van der Waals surface area (Å²) >= 11 is 0. The van der Waals surface area contributed by atoms with Crippen molar-refractivity contribution in [1.29, 1.82) is 0 Å². The van der Waals surface area contributed by atoms with E-state index in [1.54, 1.807) is 0 Å². The first kappa shape index (κ1) is 10.7. The maximum absolute atomic E-state index is 10.8. The molecule has 0 aliphatic carbocycles. The van der Waals surface area contributed by atoms with E-state index in [4.69, 9.17) is 4.55 Å². The summed E-state index contributed by atoms with van der Waals surface area (Å²) in [5.41, 5.74) is -0.109. The Bertz CT molecular complexity index is 475. The summed E-state index contributed by atoms with van der Waals surface area (Å²) in [5, 5.41) is 9.19. The quantitative estimate of drug-likeness (QED) is 0.562.